The SMILES string of the molecule is CCOC(=O)C(=O)C=C(O)c1ccc(C)nc1.[H-].[Li+]. The van der Waals surface area contributed by atoms with Gasteiger partial charge in [0.25, 0.3) is 5.78 Å². The molecule has 1 aromatic heterocycles. The van der Waals surface area contributed by atoms with Gasteiger partial charge in [0.15, 0.2) is 0 Å². The quantitative estimate of drug-likeness (QED) is 0.230. The number of carbonyl (C=O) groups is 2. The minimum Gasteiger partial charge on any atom is -1.00 e. The number of nitrogens with zero attached hydrogens (tertiary/aromatic N) is 1. The van der Waals surface area contributed by atoms with Crippen molar-refractivity contribution < 1.29 is 39.7 Å². The third-order valence-electron chi connectivity index (χ3n) is 1.95. The van der Waals surface area contributed by atoms with Gasteiger partial charge in [-0.05, 0) is 26.0 Å². The number of aryl methyl sites for hydroxylation is 1. The summed E-state index contributed by atoms with van der Waals surface area (Å²) in [7, 11) is 0. The largest absolute Gasteiger partial charge is 1.00 e. The van der Waals surface area contributed by atoms with Gasteiger partial charge in [0.2, 0.25) is 0 Å². The first-order valence-corrected chi connectivity index (χ1v) is 5.09. The van der Waals surface area contributed by atoms with E-state index >= 15 is 0 Å². The summed E-state index contributed by atoms with van der Waals surface area (Å²) in [5.41, 5.74) is 1.16. The fraction of sp³-hybridized carbons (Fsp3) is 0.250. The molecule has 0 aliphatic carbocycles. The number of hydrogen-bond acceptors (Lipinski definition) is 5. The summed E-state index contributed by atoms with van der Waals surface area (Å²) in [5.74, 6) is -2.19. The molecule has 0 spiro atoms. The minimum atomic E-state index is -0.987. The van der Waals surface area contributed by atoms with E-state index in [0.717, 1.165) is 11.8 Å². The van der Waals surface area contributed by atoms with E-state index in [0.29, 0.717) is 5.56 Å². The summed E-state index contributed by atoms with van der Waals surface area (Å²) in [6, 6.07) is 3.29. The molecule has 0 bridgehead atoms. The molecule has 18 heavy (non-hydrogen) atoms. The van der Waals surface area contributed by atoms with E-state index in [1.807, 2.05) is 0 Å². The van der Waals surface area contributed by atoms with Gasteiger partial charge in [-0.2, -0.15) is 0 Å². The van der Waals surface area contributed by atoms with Gasteiger partial charge in [0.05, 0.1) is 6.61 Å². The van der Waals surface area contributed by atoms with Crippen LogP contribution in [0.1, 0.15) is 19.6 Å². The zero-order chi connectivity index (χ0) is 12.8. The van der Waals surface area contributed by atoms with Crippen LogP contribution in [0.3, 0.4) is 0 Å². The first kappa shape index (κ1) is 16.4. The van der Waals surface area contributed by atoms with Crippen molar-refractivity contribution >= 4 is 17.5 Å². The molecular formula is C12H14LiNO4. The van der Waals surface area contributed by atoms with Crippen molar-refractivity contribution in [1.82, 2.24) is 4.98 Å². The Bertz CT molecular complexity index is 459. The van der Waals surface area contributed by atoms with Crippen LogP contribution in [0.5, 0.6) is 0 Å². The van der Waals surface area contributed by atoms with Crippen molar-refractivity contribution in [3.63, 3.8) is 0 Å². The molecule has 0 saturated heterocycles. The number of rotatable bonds is 4. The van der Waals surface area contributed by atoms with Crippen LogP contribution < -0.4 is 18.9 Å². The average Bonchev–Trinajstić information content (AvgIpc) is 2.30. The van der Waals surface area contributed by atoms with Crippen LogP contribution in [0.15, 0.2) is 24.4 Å². The smallest absolute Gasteiger partial charge is 1.00 e. The van der Waals surface area contributed by atoms with Gasteiger partial charge in [0, 0.05) is 23.5 Å². The number of aliphatic hydroxyl groups is 1. The van der Waals surface area contributed by atoms with Gasteiger partial charge >= 0.3 is 24.8 Å². The van der Waals surface area contributed by atoms with Gasteiger partial charge in [-0.15, -0.1) is 0 Å². The summed E-state index contributed by atoms with van der Waals surface area (Å²) in [5, 5.41) is 9.59. The first-order valence-electron chi connectivity index (χ1n) is 5.09. The Morgan fingerprint density at radius 1 is 1.50 bits per heavy atom. The summed E-state index contributed by atoms with van der Waals surface area (Å²) < 4.78 is 4.50. The molecular weight excluding hydrogens is 229 g/mol. The molecule has 0 radical (unpaired) electrons. The summed E-state index contributed by atoms with van der Waals surface area (Å²) in [6.45, 7) is 3.51. The second-order valence-electron chi connectivity index (χ2n) is 3.30. The first-order chi connectivity index (χ1) is 8.04. The van der Waals surface area contributed by atoms with Gasteiger partial charge in [-0.3, -0.25) is 9.78 Å². The molecule has 0 fully saturated rings. The van der Waals surface area contributed by atoms with E-state index in [4.69, 9.17) is 0 Å². The second-order valence-corrected chi connectivity index (χ2v) is 3.30. The molecule has 1 rings (SSSR count). The van der Waals surface area contributed by atoms with Gasteiger partial charge in [-0.1, -0.05) is 0 Å². The number of esters is 1. The third-order valence-corrected chi connectivity index (χ3v) is 1.95. The molecule has 6 heteroatoms. The van der Waals surface area contributed by atoms with Gasteiger partial charge < -0.3 is 11.3 Å². The predicted octanol–water partition coefficient (Wildman–Crippen LogP) is -1.46. The molecule has 92 valence electrons. The van der Waals surface area contributed by atoms with Crippen molar-refractivity contribution in [2.45, 2.75) is 13.8 Å². The van der Waals surface area contributed by atoms with Crippen molar-refractivity contribution in [1.29, 1.82) is 0 Å². The van der Waals surface area contributed by atoms with Gasteiger partial charge in [-0.25, -0.2) is 4.79 Å². The Balaban J connectivity index is 0. The molecule has 0 aliphatic heterocycles. The van der Waals surface area contributed by atoms with Crippen LogP contribution >= 0.6 is 0 Å². The van der Waals surface area contributed by atoms with Crippen LogP contribution in [0, 0.1) is 6.92 Å². The number of hydrogen-bond donors (Lipinski definition) is 1. The average molecular weight is 243 g/mol. The molecule has 0 saturated carbocycles. The molecule has 0 amide bonds. The van der Waals surface area contributed by atoms with E-state index in [1.165, 1.54) is 6.20 Å². The van der Waals surface area contributed by atoms with Crippen LogP contribution in [-0.4, -0.2) is 28.4 Å². The number of aliphatic hydroxyl groups excluding tert-OH is 1. The Morgan fingerprint density at radius 2 is 2.17 bits per heavy atom. The maximum Gasteiger partial charge on any atom is 1.00 e. The molecule has 1 aromatic rings. The fourth-order valence-electron chi connectivity index (χ4n) is 1.09. The molecule has 5 nitrogen and oxygen atoms in total. The fourth-order valence-corrected chi connectivity index (χ4v) is 1.09. The van der Waals surface area contributed by atoms with E-state index in [1.54, 1.807) is 26.0 Å². The van der Waals surface area contributed by atoms with Crippen molar-refractivity contribution in [3.8, 4) is 0 Å². The maximum atomic E-state index is 11.3. The van der Waals surface area contributed by atoms with Crippen molar-refractivity contribution in [2.24, 2.45) is 0 Å². The number of aromatic nitrogens is 1. The molecule has 0 unspecified atom stereocenters. The number of ether oxygens (including phenoxy) is 1. The van der Waals surface area contributed by atoms with Crippen LogP contribution in [0.4, 0.5) is 0 Å². The molecule has 1 N–H and O–H groups in total. The molecule has 1 heterocycles. The van der Waals surface area contributed by atoms with Crippen molar-refractivity contribution in [2.75, 3.05) is 6.61 Å². The molecule has 0 aliphatic rings. The number of ketones is 1. The monoisotopic (exact) mass is 243 g/mol. The van der Waals surface area contributed by atoms with Crippen molar-refractivity contribution in [3.05, 3.63) is 35.7 Å². The summed E-state index contributed by atoms with van der Waals surface area (Å²) in [4.78, 5) is 26.2. The van der Waals surface area contributed by atoms with Crippen LogP contribution in [-0.2, 0) is 14.3 Å². The van der Waals surface area contributed by atoms with E-state index in [-0.39, 0.29) is 32.7 Å². The normalized spacial score (nSPS) is 10.4. The Hall–Kier alpha value is -1.57. The topological polar surface area (TPSA) is 76.5 Å². The predicted molar refractivity (Wildman–Crippen MR) is 62.3 cm³/mol. The van der Waals surface area contributed by atoms with Crippen LogP contribution in [0.25, 0.3) is 5.76 Å². The Morgan fingerprint density at radius 3 is 2.67 bits per heavy atom. The van der Waals surface area contributed by atoms with E-state index in [9.17, 15) is 14.7 Å². The third kappa shape index (κ3) is 4.74. The van der Waals surface area contributed by atoms with Crippen LogP contribution in [0.2, 0.25) is 0 Å². The number of carbonyl (C=O) groups excluding carboxylic acids is 2. The van der Waals surface area contributed by atoms with E-state index in [2.05, 4.69) is 9.72 Å². The molecule has 0 atom stereocenters. The minimum absolute atomic E-state index is 0. The standard InChI is InChI=1S/C12H13NO4.Li.H/c1-3-17-12(16)11(15)6-10(14)9-5-4-8(2)13-7-9;;/h4-7,14H,3H2,1-2H3;;/q;+1;-1. The van der Waals surface area contributed by atoms with E-state index < -0.39 is 11.8 Å². The second kappa shape index (κ2) is 7.70. The zero-order valence-corrected chi connectivity index (χ0v) is 10.6. The number of pyridine rings is 1. The Kier molecular flexibility index (Phi) is 7.02. The molecule has 0 aromatic carbocycles. The zero-order valence-electron chi connectivity index (χ0n) is 11.6. The summed E-state index contributed by atoms with van der Waals surface area (Å²) in [6.07, 6.45) is 2.24. The van der Waals surface area contributed by atoms with Gasteiger partial charge in [0.1, 0.15) is 5.76 Å². The Labute approximate surface area is 119 Å². The summed E-state index contributed by atoms with van der Waals surface area (Å²) >= 11 is 0. The maximum absolute atomic E-state index is 11.3.